The molecule has 0 amide bonds. The number of hydrogen-bond acceptors (Lipinski definition) is 5. The van der Waals surface area contributed by atoms with Crippen LogP contribution in [0.15, 0.2) is 99.0 Å². The van der Waals surface area contributed by atoms with E-state index in [0.29, 0.717) is 12.4 Å². The van der Waals surface area contributed by atoms with E-state index >= 15 is 0 Å². The minimum Gasteiger partial charge on any atom is -0.494 e. The fourth-order valence-corrected chi connectivity index (χ4v) is 5.28. The predicted octanol–water partition coefficient (Wildman–Crippen LogP) is 7.40. The number of para-hydroxylation sites is 1. The SMILES string of the molecule is NC(=Nc1ccc(CCCCOc2ccc3c(c2)Nc2ccccc2S3)cc1)c1cccs1. The van der Waals surface area contributed by atoms with Crippen LogP contribution in [0.1, 0.15) is 23.3 Å². The molecule has 0 aliphatic carbocycles. The number of fused-ring (bicyclic) bond motifs is 2. The number of unbranched alkanes of at least 4 members (excludes halogenated alkanes) is 1. The van der Waals surface area contributed by atoms with E-state index in [0.717, 1.165) is 47.0 Å². The van der Waals surface area contributed by atoms with Gasteiger partial charge in [0.15, 0.2) is 0 Å². The lowest BCUT2D eigenvalue weighted by molar-refractivity contribution is 0.307. The van der Waals surface area contributed by atoms with Crippen molar-refractivity contribution >= 4 is 46.0 Å². The molecule has 5 rings (SSSR count). The molecule has 166 valence electrons. The molecule has 6 heteroatoms. The molecule has 0 fully saturated rings. The number of aryl methyl sites for hydroxylation is 1. The summed E-state index contributed by atoms with van der Waals surface area (Å²) in [6.45, 7) is 0.711. The highest BCUT2D eigenvalue weighted by atomic mass is 32.2. The van der Waals surface area contributed by atoms with E-state index in [4.69, 9.17) is 10.5 Å². The summed E-state index contributed by atoms with van der Waals surface area (Å²) in [5, 5.41) is 5.52. The fraction of sp³-hybridized carbons (Fsp3) is 0.148. The van der Waals surface area contributed by atoms with Gasteiger partial charge in [0.1, 0.15) is 11.6 Å². The van der Waals surface area contributed by atoms with E-state index in [-0.39, 0.29) is 0 Å². The number of hydrogen-bond donors (Lipinski definition) is 2. The van der Waals surface area contributed by atoms with Crippen LogP contribution in [0.5, 0.6) is 5.75 Å². The van der Waals surface area contributed by atoms with Crippen molar-refractivity contribution in [3.8, 4) is 5.75 Å². The van der Waals surface area contributed by atoms with Crippen molar-refractivity contribution in [1.29, 1.82) is 0 Å². The number of nitrogens with two attached hydrogens (primary N) is 1. The molecule has 1 aliphatic heterocycles. The summed E-state index contributed by atoms with van der Waals surface area (Å²) in [6, 6.07) is 26.9. The van der Waals surface area contributed by atoms with Crippen molar-refractivity contribution < 1.29 is 4.74 Å². The van der Waals surface area contributed by atoms with E-state index < -0.39 is 0 Å². The molecular weight excluding hydrogens is 446 g/mol. The number of ether oxygens (including phenoxy) is 1. The molecule has 1 aliphatic rings. The molecule has 0 saturated heterocycles. The average molecular weight is 472 g/mol. The Bertz CT molecular complexity index is 1250. The summed E-state index contributed by atoms with van der Waals surface area (Å²) in [4.78, 5) is 7.99. The number of amidine groups is 1. The normalized spacial score (nSPS) is 12.5. The molecule has 0 atom stereocenters. The Balaban J connectivity index is 1.08. The number of anilines is 2. The van der Waals surface area contributed by atoms with E-state index in [9.17, 15) is 0 Å². The van der Waals surface area contributed by atoms with Gasteiger partial charge in [-0.3, -0.25) is 0 Å². The second kappa shape index (κ2) is 10.1. The topological polar surface area (TPSA) is 59.6 Å². The average Bonchev–Trinajstić information content (AvgIpc) is 3.39. The molecular formula is C27H25N3OS2. The zero-order valence-corrected chi connectivity index (χ0v) is 19.8. The Morgan fingerprint density at radius 3 is 2.58 bits per heavy atom. The second-order valence-corrected chi connectivity index (χ2v) is 9.86. The Morgan fingerprint density at radius 2 is 1.73 bits per heavy atom. The first kappa shape index (κ1) is 21.6. The van der Waals surface area contributed by atoms with Crippen molar-refractivity contribution in [2.24, 2.45) is 10.7 Å². The molecule has 0 spiro atoms. The van der Waals surface area contributed by atoms with Crippen LogP contribution in [-0.4, -0.2) is 12.4 Å². The molecule has 3 aromatic carbocycles. The Hall–Kier alpha value is -3.22. The zero-order valence-electron chi connectivity index (χ0n) is 18.2. The maximum absolute atomic E-state index is 6.07. The zero-order chi connectivity index (χ0) is 22.5. The maximum Gasteiger partial charge on any atom is 0.141 e. The molecule has 4 aromatic rings. The number of rotatable bonds is 8. The van der Waals surface area contributed by atoms with E-state index in [1.54, 1.807) is 23.1 Å². The Labute approximate surface area is 202 Å². The maximum atomic E-state index is 6.07. The van der Waals surface area contributed by atoms with Crippen LogP contribution in [0, 0.1) is 0 Å². The molecule has 0 unspecified atom stereocenters. The standard InChI is InChI=1S/C27H25N3OS2/c28-27(26-9-5-17-32-26)29-20-12-10-19(11-13-20)6-3-4-16-31-21-14-15-25-23(18-21)30-22-7-1-2-8-24(22)33-25/h1-2,5,7-15,17-18,30H,3-4,6,16H2,(H2,28,29). The molecule has 0 saturated carbocycles. The highest BCUT2D eigenvalue weighted by Crippen LogP contribution is 2.45. The third kappa shape index (κ3) is 5.41. The summed E-state index contributed by atoms with van der Waals surface area (Å²) in [6.07, 6.45) is 3.10. The van der Waals surface area contributed by atoms with Crippen LogP contribution in [0.3, 0.4) is 0 Å². The third-order valence-electron chi connectivity index (χ3n) is 5.42. The fourth-order valence-electron chi connectivity index (χ4n) is 3.68. The van der Waals surface area contributed by atoms with Crippen LogP contribution in [0.4, 0.5) is 17.1 Å². The lowest BCUT2D eigenvalue weighted by Crippen LogP contribution is -2.10. The van der Waals surface area contributed by atoms with Gasteiger partial charge in [-0.05, 0) is 72.7 Å². The lowest BCUT2D eigenvalue weighted by atomic mass is 10.1. The van der Waals surface area contributed by atoms with Crippen LogP contribution in [0.2, 0.25) is 0 Å². The van der Waals surface area contributed by atoms with Crippen molar-refractivity contribution in [3.63, 3.8) is 0 Å². The van der Waals surface area contributed by atoms with E-state index in [2.05, 4.69) is 64.9 Å². The lowest BCUT2D eigenvalue weighted by Gasteiger charge is -2.21. The first-order valence-electron chi connectivity index (χ1n) is 11.0. The predicted molar refractivity (Wildman–Crippen MR) is 140 cm³/mol. The molecule has 4 nitrogen and oxygen atoms in total. The molecule has 1 aromatic heterocycles. The van der Waals surface area contributed by atoms with Crippen molar-refractivity contribution in [2.45, 2.75) is 29.1 Å². The quantitative estimate of drug-likeness (QED) is 0.141. The number of nitrogens with zero attached hydrogens (tertiary/aromatic N) is 1. The number of thiophene rings is 1. The first-order valence-corrected chi connectivity index (χ1v) is 12.7. The van der Waals surface area contributed by atoms with Crippen LogP contribution in [-0.2, 0) is 6.42 Å². The van der Waals surface area contributed by atoms with Crippen molar-refractivity contribution in [2.75, 3.05) is 11.9 Å². The van der Waals surface area contributed by atoms with Gasteiger partial charge in [-0.25, -0.2) is 4.99 Å². The van der Waals surface area contributed by atoms with E-state index in [1.807, 2.05) is 29.6 Å². The van der Waals surface area contributed by atoms with Crippen LogP contribution in [0.25, 0.3) is 0 Å². The summed E-state index contributed by atoms with van der Waals surface area (Å²) < 4.78 is 6.02. The smallest absolute Gasteiger partial charge is 0.141 e. The summed E-state index contributed by atoms with van der Waals surface area (Å²) >= 11 is 3.39. The van der Waals surface area contributed by atoms with Gasteiger partial charge < -0.3 is 15.8 Å². The van der Waals surface area contributed by atoms with Crippen LogP contribution < -0.4 is 15.8 Å². The molecule has 0 bridgehead atoms. The largest absolute Gasteiger partial charge is 0.494 e. The highest BCUT2D eigenvalue weighted by Gasteiger charge is 2.15. The summed E-state index contributed by atoms with van der Waals surface area (Å²) in [5.74, 6) is 1.47. The summed E-state index contributed by atoms with van der Waals surface area (Å²) in [7, 11) is 0. The molecule has 2 heterocycles. The van der Waals surface area contributed by atoms with Gasteiger partial charge in [-0.2, -0.15) is 0 Å². The number of benzene rings is 3. The molecule has 0 radical (unpaired) electrons. The van der Waals surface area contributed by atoms with E-state index in [1.165, 1.54) is 15.4 Å². The highest BCUT2D eigenvalue weighted by molar-refractivity contribution is 7.99. The van der Waals surface area contributed by atoms with Gasteiger partial charge in [0, 0.05) is 15.9 Å². The number of nitrogens with one attached hydrogen (secondary N) is 1. The van der Waals surface area contributed by atoms with Gasteiger partial charge in [-0.1, -0.05) is 42.1 Å². The second-order valence-electron chi connectivity index (χ2n) is 7.83. The van der Waals surface area contributed by atoms with Gasteiger partial charge in [0.05, 0.1) is 28.5 Å². The summed E-state index contributed by atoms with van der Waals surface area (Å²) in [5.41, 5.74) is 10.5. The Kier molecular flexibility index (Phi) is 6.65. The first-order chi connectivity index (χ1) is 16.2. The Morgan fingerprint density at radius 1 is 0.879 bits per heavy atom. The monoisotopic (exact) mass is 471 g/mol. The third-order valence-corrected chi connectivity index (χ3v) is 7.46. The minimum atomic E-state index is 0.565. The van der Waals surface area contributed by atoms with Gasteiger partial charge >= 0.3 is 0 Å². The van der Waals surface area contributed by atoms with Crippen molar-refractivity contribution in [3.05, 3.63) is 94.7 Å². The number of aliphatic imine (C=N–C) groups is 1. The van der Waals surface area contributed by atoms with Crippen molar-refractivity contribution in [1.82, 2.24) is 0 Å². The van der Waals surface area contributed by atoms with Gasteiger partial charge in [0.25, 0.3) is 0 Å². The molecule has 33 heavy (non-hydrogen) atoms. The molecule has 3 N–H and O–H groups in total. The van der Waals surface area contributed by atoms with Gasteiger partial charge in [0.2, 0.25) is 0 Å². The minimum absolute atomic E-state index is 0.565. The van der Waals surface area contributed by atoms with Gasteiger partial charge in [-0.15, -0.1) is 11.3 Å². The van der Waals surface area contributed by atoms with Crippen LogP contribution >= 0.6 is 23.1 Å².